The minimum atomic E-state index is -0.0187. The molecule has 86 valence electrons. The van der Waals surface area contributed by atoms with Crippen LogP contribution in [0.25, 0.3) is 0 Å². The van der Waals surface area contributed by atoms with Gasteiger partial charge in [0.2, 0.25) is 0 Å². The van der Waals surface area contributed by atoms with Gasteiger partial charge in [-0.25, -0.2) is 0 Å². The average Bonchev–Trinajstić information content (AvgIpc) is 2.96. The number of aromatic nitrogens is 2. The number of nitrogens with two attached hydrogens (primary N) is 1. The third kappa shape index (κ3) is 1.76. The Hall–Kier alpha value is -1.95. The summed E-state index contributed by atoms with van der Waals surface area (Å²) in [5, 5.41) is 3.68. The van der Waals surface area contributed by atoms with E-state index < -0.39 is 0 Å². The molecule has 0 aliphatic carbocycles. The van der Waals surface area contributed by atoms with Crippen molar-refractivity contribution in [3.8, 4) is 0 Å². The molecule has 5 nitrogen and oxygen atoms in total. The molecule has 6 heteroatoms. The van der Waals surface area contributed by atoms with E-state index in [1.54, 1.807) is 4.90 Å². The van der Waals surface area contributed by atoms with Crippen LogP contribution in [0.2, 0.25) is 0 Å². The Morgan fingerprint density at radius 2 is 2.18 bits per heavy atom. The molecule has 1 aliphatic rings. The molecule has 1 aromatic heterocycles. The second-order valence-corrected chi connectivity index (χ2v) is 4.76. The number of amides is 1. The number of nitrogens with zero attached hydrogens (tertiary/aromatic N) is 3. The van der Waals surface area contributed by atoms with Crippen LogP contribution in [0.4, 0.5) is 5.69 Å². The second-order valence-electron chi connectivity index (χ2n) is 3.97. The number of carbonyl (C=O) groups excluding carboxylic acids is 1. The molecule has 2 N–H and O–H groups in total. The highest BCUT2D eigenvalue weighted by molar-refractivity contribution is 7.07. The minimum absolute atomic E-state index is 0.0187. The Morgan fingerprint density at radius 1 is 1.35 bits per heavy atom. The van der Waals surface area contributed by atoms with Crippen molar-refractivity contribution in [1.29, 1.82) is 0 Å². The van der Waals surface area contributed by atoms with Gasteiger partial charge in [0.25, 0.3) is 5.91 Å². The van der Waals surface area contributed by atoms with Crippen molar-refractivity contribution in [2.24, 2.45) is 0 Å². The van der Waals surface area contributed by atoms with Gasteiger partial charge >= 0.3 is 0 Å². The predicted molar refractivity (Wildman–Crippen MR) is 64.3 cm³/mol. The number of hydrogen-bond acceptors (Lipinski definition) is 5. The number of anilines is 1. The molecular formula is C11H10N4OS. The highest BCUT2D eigenvalue weighted by Gasteiger charge is 2.25. The average molecular weight is 246 g/mol. The van der Waals surface area contributed by atoms with E-state index in [1.807, 2.05) is 18.2 Å². The molecule has 0 fully saturated rings. The summed E-state index contributed by atoms with van der Waals surface area (Å²) in [6.45, 7) is 1.24. The van der Waals surface area contributed by atoms with E-state index in [9.17, 15) is 4.79 Å². The van der Waals surface area contributed by atoms with E-state index in [0.29, 0.717) is 18.0 Å². The van der Waals surface area contributed by atoms with Crippen molar-refractivity contribution in [2.75, 3.05) is 5.73 Å². The normalized spacial score (nSPS) is 13.8. The summed E-state index contributed by atoms with van der Waals surface area (Å²) in [6, 6.07) is 5.76. The van der Waals surface area contributed by atoms with E-state index in [4.69, 9.17) is 5.73 Å². The lowest BCUT2D eigenvalue weighted by Crippen LogP contribution is -2.24. The Labute approximate surface area is 102 Å². The summed E-state index contributed by atoms with van der Waals surface area (Å²) in [4.78, 5) is 14.4. The van der Waals surface area contributed by atoms with Crippen LogP contribution in [0.5, 0.6) is 0 Å². The van der Waals surface area contributed by atoms with E-state index in [1.165, 1.54) is 6.20 Å². The number of nitrogen functional groups attached to an aromatic ring is 1. The van der Waals surface area contributed by atoms with Gasteiger partial charge in [-0.15, -0.1) is 5.10 Å². The standard InChI is InChI=1S/C11H10N4OS/c12-9-2-1-7-5-15(6-8(7)3-9)11(16)10-4-13-14-17-10/h1-4H,5-6,12H2. The van der Waals surface area contributed by atoms with Crippen LogP contribution >= 0.6 is 11.5 Å². The largest absolute Gasteiger partial charge is 0.399 e. The van der Waals surface area contributed by atoms with E-state index in [2.05, 4.69) is 9.59 Å². The molecular weight excluding hydrogens is 236 g/mol. The van der Waals surface area contributed by atoms with Gasteiger partial charge in [0.05, 0.1) is 6.20 Å². The van der Waals surface area contributed by atoms with E-state index in [0.717, 1.165) is 28.3 Å². The van der Waals surface area contributed by atoms with Gasteiger partial charge in [-0.3, -0.25) is 4.79 Å². The molecule has 3 rings (SSSR count). The summed E-state index contributed by atoms with van der Waals surface area (Å²) in [6.07, 6.45) is 1.50. The van der Waals surface area contributed by atoms with E-state index >= 15 is 0 Å². The summed E-state index contributed by atoms with van der Waals surface area (Å²) >= 11 is 1.12. The summed E-state index contributed by atoms with van der Waals surface area (Å²) in [5.41, 5.74) is 8.74. The molecule has 2 heterocycles. The number of hydrogen-bond donors (Lipinski definition) is 1. The van der Waals surface area contributed by atoms with Gasteiger partial charge < -0.3 is 10.6 Å². The Bertz CT molecular complexity index is 567. The first kappa shape index (κ1) is 10.2. The van der Waals surface area contributed by atoms with Crippen molar-refractivity contribution in [3.63, 3.8) is 0 Å². The molecule has 0 saturated heterocycles. The molecule has 0 spiro atoms. The minimum Gasteiger partial charge on any atom is -0.399 e. The third-order valence-electron chi connectivity index (χ3n) is 2.81. The maximum atomic E-state index is 12.1. The number of benzene rings is 1. The van der Waals surface area contributed by atoms with Crippen LogP contribution in [0.1, 0.15) is 20.8 Å². The highest BCUT2D eigenvalue weighted by atomic mass is 32.1. The van der Waals surface area contributed by atoms with Gasteiger partial charge in [-0.2, -0.15) is 0 Å². The Kier molecular flexibility index (Phi) is 2.29. The lowest BCUT2D eigenvalue weighted by Gasteiger charge is -2.12. The summed E-state index contributed by atoms with van der Waals surface area (Å²) < 4.78 is 3.70. The van der Waals surface area contributed by atoms with Crippen LogP contribution in [-0.2, 0) is 13.1 Å². The molecule has 0 bridgehead atoms. The first-order chi connectivity index (χ1) is 8.24. The quantitative estimate of drug-likeness (QED) is 0.769. The van der Waals surface area contributed by atoms with Crippen LogP contribution in [0.3, 0.4) is 0 Å². The molecule has 1 aromatic carbocycles. The van der Waals surface area contributed by atoms with Gasteiger partial charge in [-0.1, -0.05) is 10.6 Å². The lowest BCUT2D eigenvalue weighted by atomic mass is 10.1. The van der Waals surface area contributed by atoms with Crippen LogP contribution < -0.4 is 5.73 Å². The molecule has 0 saturated carbocycles. The first-order valence-electron chi connectivity index (χ1n) is 5.18. The fourth-order valence-electron chi connectivity index (χ4n) is 1.98. The van der Waals surface area contributed by atoms with Crippen LogP contribution in [0, 0.1) is 0 Å². The van der Waals surface area contributed by atoms with Gasteiger partial charge in [-0.05, 0) is 34.8 Å². The van der Waals surface area contributed by atoms with Crippen molar-refractivity contribution < 1.29 is 4.79 Å². The second kappa shape index (κ2) is 3.81. The topological polar surface area (TPSA) is 72.1 Å². The molecule has 1 amide bonds. The van der Waals surface area contributed by atoms with Crippen LogP contribution in [-0.4, -0.2) is 20.4 Å². The van der Waals surface area contributed by atoms with Gasteiger partial charge in [0.1, 0.15) is 4.88 Å². The Morgan fingerprint density at radius 3 is 2.94 bits per heavy atom. The zero-order valence-electron chi connectivity index (χ0n) is 8.96. The third-order valence-corrected chi connectivity index (χ3v) is 3.46. The number of fused-ring (bicyclic) bond motifs is 1. The van der Waals surface area contributed by atoms with Crippen molar-refractivity contribution in [2.45, 2.75) is 13.1 Å². The van der Waals surface area contributed by atoms with Crippen molar-refractivity contribution in [3.05, 3.63) is 40.4 Å². The number of rotatable bonds is 1. The summed E-state index contributed by atoms with van der Waals surface area (Å²) in [7, 11) is 0. The van der Waals surface area contributed by atoms with Gasteiger partial charge in [0, 0.05) is 18.8 Å². The molecule has 0 unspecified atom stereocenters. The van der Waals surface area contributed by atoms with Gasteiger partial charge in [0.15, 0.2) is 0 Å². The maximum Gasteiger partial charge on any atom is 0.267 e. The molecule has 2 aromatic rings. The lowest BCUT2D eigenvalue weighted by molar-refractivity contribution is 0.0756. The first-order valence-corrected chi connectivity index (χ1v) is 5.95. The fraction of sp³-hybridized carbons (Fsp3) is 0.182. The summed E-state index contributed by atoms with van der Waals surface area (Å²) in [5.74, 6) is -0.0187. The van der Waals surface area contributed by atoms with E-state index in [-0.39, 0.29) is 5.91 Å². The maximum absolute atomic E-state index is 12.1. The van der Waals surface area contributed by atoms with Crippen LogP contribution in [0.15, 0.2) is 24.4 Å². The smallest absolute Gasteiger partial charge is 0.267 e. The van der Waals surface area contributed by atoms with Crippen molar-refractivity contribution >= 4 is 23.1 Å². The SMILES string of the molecule is Nc1ccc2c(c1)CN(C(=O)c1cnns1)C2. The fourth-order valence-corrected chi connectivity index (χ4v) is 2.46. The zero-order chi connectivity index (χ0) is 11.8. The molecule has 0 atom stereocenters. The van der Waals surface area contributed by atoms with Crippen molar-refractivity contribution in [1.82, 2.24) is 14.5 Å². The number of carbonyl (C=O) groups is 1. The molecule has 1 aliphatic heterocycles. The highest BCUT2D eigenvalue weighted by Crippen LogP contribution is 2.26. The Balaban J connectivity index is 1.85. The predicted octanol–water partition coefficient (Wildman–Crippen LogP) is 1.28. The zero-order valence-corrected chi connectivity index (χ0v) is 9.78. The monoisotopic (exact) mass is 246 g/mol. The molecule has 0 radical (unpaired) electrons. The molecule has 17 heavy (non-hydrogen) atoms.